The highest BCUT2D eigenvalue weighted by Gasteiger charge is 2.14. The summed E-state index contributed by atoms with van der Waals surface area (Å²) in [6, 6.07) is 16.7. The third-order valence-corrected chi connectivity index (χ3v) is 2.72. The quantitative estimate of drug-likeness (QED) is 0.894. The van der Waals surface area contributed by atoms with E-state index >= 15 is 0 Å². The maximum absolute atomic E-state index is 11.3. The van der Waals surface area contributed by atoms with E-state index in [1.165, 1.54) is 0 Å². The molecule has 2 aromatic carbocycles. The summed E-state index contributed by atoms with van der Waals surface area (Å²) in [7, 11) is 0. The molecule has 0 bridgehead atoms. The summed E-state index contributed by atoms with van der Waals surface area (Å²) in [5.41, 5.74) is 6.65. The molecule has 92 valence electrons. The molecule has 2 rings (SSSR count). The van der Waals surface area contributed by atoms with E-state index < -0.39 is 5.91 Å². The van der Waals surface area contributed by atoms with Crippen LogP contribution in [0.1, 0.15) is 28.9 Å². The number of hydrogen-bond donors (Lipinski definition) is 1. The molecular formula is C15H15NO2. The molecule has 1 amide bonds. The lowest BCUT2D eigenvalue weighted by atomic mass is 10.0. The van der Waals surface area contributed by atoms with Crippen LogP contribution in [0, 0.1) is 0 Å². The molecule has 1 unspecified atom stereocenters. The molecule has 1 atom stereocenters. The van der Waals surface area contributed by atoms with E-state index in [2.05, 4.69) is 0 Å². The third-order valence-electron chi connectivity index (χ3n) is 2.72. The van der Waals surface area contributed by atoms with Gasteiger partial charge in [0.2, 0.25) is 5.91 Å². The third kappa shape index (κ3) is 2.69. The number of rotatable bonds is 4. The van der Waals surface area contributed by atoms with Crippen molar-refractivity contribution < 1.29 is 9.53 Å². The van der Waals surface area contributed by atoms with Crippen LogP contribution in [0.25, 0.3) is 0 Å². The Hall–Kier alpha value is -2.29. The van der Waals surface area contributed by atoms with E-state index in [4.69, 9.17) is 10.5 Å². The Balaban J connectivity index is 2.24. The van der Waals surface area contributed by atoms with Gasteiger partial charge in [0.05, 0.1) is 0 Å². The van der Waals surface area contributed by atoms with Crippen molar-refractivity contribution in [1.82, 2.24) is 0 Å². The van der Waals surface area contributed by atoms with Crippen molar-refractivity contribution in [3.05, 3.63) is 65.7 Å². The number of carbonyl (C=O) groups excluding carboxylic acids is 1. The van der Waals surface area contributed by atoms with E-state index in [0.717, 1.165) is 11.3 Å². The van der Waals surface area contributed by atoms with Crippen LogP contribution in [0.2, 0.25) is 0 Å². The summed E-state index contributed by atoms with van der Waals surface area (Å²) in [5, 5.41) is 0. The number of nitrogens with two attached hydrogens (primary N) is 1. The first-order chi connectivity index (χ1) is 8.68. The zero-order chi connectivity index (χ0) is 13.0. The first-order valence-electron chi connectivity index (χ1n) is 5.79. The smallest absolute Gasteiger partial charge is 0.249 e. The van der Waals surface area contributed by atoms with Gasteiger partial charge < -0.3 is 10.5 Å². The first-order valence-corrected chi connectivity index (χ1v) is 5.79. The summed E-state index contributed by atoms with van der Waals surface area (Å²) in [5.74, 6) is 0.332. The van der Waals surface area contributed by atoms with Crippen molar-refractivity contribution in [2.24, 2.45) is 5.73 Å². The SMILES string of the molecule is CC(Oc1ccccc1)c1ccccc1C(N)=O. The molecule has 0 aromatic heterocycles. The highest BCUT2D eigenvalue weighted by molar-refractivity contribution is 5.94. The maximum atomic E-state index is 11.3. The number of benzene rings is 2. The lowest BCUT2D eigenvalue weighted by Gasteiger charge is -2.17. The van der Waals surface area contributed by atoms with E-state index in [1.54, 1.807) is 12.1 Å². The minimum absolute atomic E-state index is 0.226. The zero-order valence-corrected chi connectivity index (χ0v) is 10.2. The van der Waals surface area contributed by atoms with Gasteiger partial charge in [0.1, 0.15) is 11.9 Å². The predicted molar refractivity (Wildman–Crippen MR) is 70.4 cm³/mol. The molecular weight excluding hydrogens is 226 g/mol. The van der Waals surface area contributed by atoms with Crippen molar-refractivity contribution in [3.8, 4) is 5.75 Å². The van der Waals surface area contributed by atoms with Crippen molar-refractivity contribution in [2.75, 3.05) is 0 Å². The van der Waals surface area contributed by atoms with Crippen LogP contribution in [0.4, 0.5) is 0 Å². The predicted octanol–water partition coefficient (Wildman–Crippen LogP) is 2.93. The molecule has 0 spiro atoms. The van der Waals surface area contributed by atoms with Gasteiger partial charge in [-0.1, -0.05) is 36.4 Å². The molecule has 0 saturated carbocycles. The number of amides is 1. The van der Waals surface area contributed by atoms with Crippen LogP contribution in [0.15, 0.2) is 54.6 Å². The van der Waals surface area contributed by atoms with Gasteiger partial charge in [-0.05, 0) is 25.1 Å². The van der Waals surface area contributed by atoms with Gasteiger partial charge in [-0.2, -0.15) is 0 Å². The molecule has 0 aliphatic carbocycles. The zero-order valence-electron chi connectivity index (χ0n) is 10.2. The van der Waals surface area contributed by atoms with Gasteiger partial charge in [-0.25, -0.2) is 0 Å². The fourth-order valence-electron chi connectivity index (χ4n) is 1.84. The summed E-state index contributed by atoms with van der Waals surface area (Å²) in [6.07, 6.45) is -0.226. The molecule has 0 radical (unpaired) electrons. The van der Waals surface area contributed by atoms with E-state index in [-0.39, 0.29) is 6.10 Å². The van der Waals surface area contributed by atoms with Crippen LogP contribution < -0.4 is 10.5 Å². The molecule has 0 saturated heterocycles. The van der Waals surface area contributed by atoms with E-state index in [1.807, 2.05) is 49.4 Å². The Bertz CT molecular complexity index is 537. The Kier molecular flexibility index (Phi) is 3.63. The first kappa shape index (κ1) is 12.2. The maximum Gasteiger partial charge on any atom is 0.249 e. The molecule has 0 heterocycles. The number of para-hydroxylation sites is 1. The molecule has 2 aromatic rings. The van der Waals surface area contributed by atoms with Gasteiger partial charge in [0.25, 0.3) is 0 Å². The van der Waals surface area contributed by atoms with Crippen molar-refractivity contribution in [3.63, 3.8) is 0 Å². The van der Waals surface area contributed by atoms with Crippen molar-refractivity contribution in [2.45, 2.75) is 13.0 Å². The normalized spacial score (nSPS) is 11.8. The van der Waals surface area contributed by atoms with Crippen LogP contribution >= 0.6 is 0 Å². The fraction of sp³-hybridized carbons (Fsp3) is 0.133. The molecule has 18 heavy (non-hydrogen) atoms. The van der Waals surface area contributed by atoms with Gasteiger partial charge in [0, 0.05) is 11.1 Å². The Morgan fingerprint density at radius 1 is 1.06 bits per heavy atom. The second kappa shape index (κ2) is 5.36. The van der Waals surface area contributed by atoms with Crippen LogP contribution in [0.5, 0.6) is 5.75 Å². The average molecular weight is 241 g/mol. The molecule has 3 heteroatoms. The number of hydrogen-bond acceptors (Lipinski definition) is 2. The number of carbonyl (C=O) groups is 1. The topological polar surface area (TPSA) is 52.3 Å². The van der Waals surface area contributed by atoms with Gasteiger partial charge in [-0.3, -0.25) is 4.79 Å². The Morgan fingerprint density at radius 2 is 1.67 bits per heavy atom. The molecule has 2 N–H and O–H groups in total. The van der Waals surface area contributed by atoms with Gasteiger partial charge in [0.15, 0.2) is 0 Å². The lowest BCUT2D eigenvalue weighted by Crippen LogP contribution is -2.16. The average Bonchev–Trinajstić information content (AvgIpc) is 2.40. The number of ether oxygens (including phenoxy) is 1. The molecule has 0 aliphatic rings. The monoisotopic (exact) mass is 241 g/mol. The van der Waals surface area contributed by atoms with Gasteiger partial charge in [-0.15, -0.1) is 0 Å². The van der Waals surface area contributed by atoms with E-state index in [9.17, 15) is 4.79 Å². The Labute approximate surface area is 106 Å². The summed E-state index contributed by atoms with van der Waals surface area (Å²) < 4.78 is 5.78. The number of primary amides is 1. The second-order valence-electron chi connectivity index (χ2n) is 4.02. The van der Waals surface area contributed by atoms with Crippen LogP contribution in [0.3, 0.4) is 0 Å². The summed E-state index contributed by atoms with van der Waals surface area (Å²) in [6.45, 7) is 1.90. The minimum atomic E-state index is -0.436. The molecule has 0 aliphatic heterocycles. The van der Waals surface area contributed by atoms with Gasteiger partial charge >= 0.3 is 0 Å². The standard InChI is InChI=1S/C15H15NO2/c1-11(18-12-7-3-2-4-8-12)13-9-5-6-10-14(13)15(16)17/h2-11H,1H3,(H2,16,17). The molecule has 0 fully saturated rings. The second-order valence-corrected chi connectivity index (χ2v) is 4.02. The molecule has 3 nitrogen and oxygen atoms in total. The summed E-state index contributed by atoms with van der Waals surface area (Å²) >= 11 is 0. The Morgan fingerprint density at radius 3 is 2.33 bits per heavy atom. The van der Waals surface area contributed by atoms with Crippen LogP contribution in [-0.2, 0) is 0 Å². The highest BCUT2D eigenvalue weighted by atomic mass is 16.5. The summed E-state index contributed by atoms with van der Waals surface area (Å²) in [4.78, 5) is 11.3. The van der Waals surface area contributed by atoms with E-state index in [0.29, 0.717) is 5.56 Å². The fourth-order valence-corrected chi connectivity index (χ4v) is 1.84. The lowest BCUT2D eigenvalue weighted by molar-refractivity contribution is 0.0995. The highest BCUT2D eigenvalue weighted by Crippen LogP contribution is 2.23. The van der Waals surface area contributed by atoms with Crippen molar-refractivity contribution >= 4 is 5.91 Å². The van der Waals surface area contributed by atoms with Crippen molar-refractivity contribution in [1.29, 1.82) is 0 Å². The minimum Gasteiger partial charge on any atom is -0.486 e. The van der Waals surface area contributed by atoms with Crippen LogP contribution in [-0.4, -0.2) is 5.91 Å². The largest absolute Gasteiger partial charge is 0.486 e.